The molecule has 4 rings (SSSR count). The van der Waals surface area contributed by atoms with Gasteiger partial charge in [-0.3, -0.25) is 0 Å². The van der Waals surface area contributed by atoms with Gasteiger partial charge < -0.3 is 4.57 Å². The molecule has 0 saturated carbocycles. The van der Waals surface area contributed by atoms with Crippen molar-refractivity contribution in [2.24, 2.45) is 0 Å². The van der Waals surface area contributed by atoms with E-state index >= 15 is 0 Å². The quantitative estimate of drug-likeness (QED) is 0.854. The Morgan fingerprint density at radius 3 is 2.64 bits per heavy atom. The minimum atomic E-state index is -3.40. The van der Waals surface area contributed by atoms with Crippen molar-refractivity contribution in [1.82, 2.24) is 8.87 Å². The molecule has 2 heterocycles. The molecular weight excluding hydrogens is 296 g/mol. The van der Waals surface area contributed by atoms with E-state index < -0.39 is 10.0 Å². The Morgan fingerprint density at radius 1 is 0.955 bits per heavy atom. The highest BCUT2D eigenvalue weighted by Gasteiger charge is 2.28. The first-order chi connectivity index (χ1) is 10.6. The van der Waals surface area contributed by atoms with Crippen LogP contribution in [0.4, 0.5) is 0 Å². The summed E-state index contributed by atoms with van der Waals surface area (Å²) in [6.07, 6.45) is 6.46. The number of fused-ring (bicyclic) bond motifs is 2. The van der Waals surface area contributed by atoms with Crippen LogP contribution in [0.25, 0.3) is 0 Å². The molecule has 0 unspecified atom stereocenters. The van der Waals surface area contributed by atoms with Gasteiger partial charge >= 0.3 is 0 Å². The molecule has 0 bridgehead atoms. The molecule has 0 fully saturated rings. The molecule has 2 aromatic rings. The van der Waals surface area contributed by atoms with E-state index in [2.05, 4.69) is 4.57 Å². The van der Waals surface area contributed by atoms with Crippen LogP contribution in [0.3, 0.4) is 0 Å². The maximum atomic E-state index is 12.9. The fraction of sp³-hybridized carbons (Fsp3) is 0.412. The van der Waals surface area contributed by atoms with E-state index in [1.807, 2.05) is 30.5 Å². The van der Waals surface area contributed by atoms with Gasteiger partial charge in [-0.25, -0.2) is 8.42 Å². The summed E-state index contributed by atoms with van der Waals surface area (Å²) >= 11 is 0. The first kappa shape index (κ1) is 14.0. The smallest absolute Gasteiger partial charge is 0.243 e. The summed E-state index contributed by atoms with van der Waals surface area (Å²) in [6.45, 7) is 1.74. The van der Waals surface area contributed by atoms with Crippen LogP contribution < -0.4 is 0 Å². The van der Waals surface area contributed by atoms with Crippen LogP contribution >= 0.6 is 0 Å². The van der Waals surface area contributed by atoms with Crippen LogP contribution in [0, 0.1) is 0 Å². The lowest BCUT2D eigenvalue weighted by atomic mass is 9.92. The Bertz CT molecular complexity index is 808. The molecule has 0 spiro atoms. The number of sulfonamides is 1. The molecule has 1 aliphatic carbocycles. The number of rotatable bonds is 2. The second-order valence-electron chi connectivity index (χ2n) is 6.17. The van der Waals surface area contributed by atoms with Gasteiger partial charge in [0.25, 0.3) is 0 Å². The molecule has 4 nitrogen and oxygen atoms in total. The zero-order chi connectivity index (χ0) is 15.2. The average Bonchev–Trinajstić information content (AvgIpc) is 3.02. The molecule has 1 aromatic heterocycles. The summed E-state index contributed by atoms with van der Waals surface area (Å²) < 4.78 is 29.6. The van der Waals surface area contributed by atoms with Crippen molar-refractivity contribution in [1.29, 1.82) is 0 Å². The lowest BCUT2D eigenvalue weighted by Crippen LogP contribution is -2.37. The number of aromatic nitrogens is 1. The van der Waals surface area contributed by atoms with Crippen LogP contribution in [0.2, 0.25) is 0 Å². The molecular formula is C17H20N2O2S. The van der Waals surface area contributed by atoms with Crippen LogP contribution in [0.5, 0.6) is 0 Å². The molecule has 0 atom stereocenters. The predicted octanol–water partition coefficient (Wildman–Crippen LogP) is 2.57. The van der Waals surface area contributed by atoms with Gasteiger partial charge in [0.05, 0.1) is 11.4 Å². The summed E-state index contributed by atoms with van der Waals surface area (Å²) in [5, 5.41) is 0. The second kappa shape index (κ2) is 5.25. The number of nitrogens with zero attached hydrogens (tertiary/aromatic N) is 2. The van der Waals surface area contributed by atoms with E-state index in [4.69, 9.17) is 0 Å². The van der Waals surface area contributed by atoms with Crippen molar-refractivity contribution in [3.05, 3.63) is 53.3 Å². The Labute approximate surface area is 131 Å². The van der Waals surface area contributed by atoms with Gasteiger partial charge in [0, 0.05) is 25.0 Å². The van der Waals surface area contributed by atoms with Gasteiger partial charge in [-0.15, -0.1) is 0 Å². The van der Waals surface area contributed by atoms with E-state index in [1.54, 1.807) is 10.4 Å². The Hall–Kier alpha value is -1.59. The fourth-order valence-corrected chi connectivity index (χ4v) is 4.97. The third-order valence-electron chi connectivity index (χ3n) is 4.81. The third kappa shape index (κ3) is 2.29. The maximum absolute atomic E-state index is 12.9. The minimum absolute atomic E-state index is 0.452. The normalized spacial score (nSPS) is 18.7. The van der Waals surface area contributed by atoms with Crippen molar-refractivity contribution >= 4 is 10.0 Å². The van der Waals surface area contributed by atoms with E-state index in [0.717, 1.165) is 31.5 Å². The van der Waals surface area contributed by atoms with E-state index in [9.17, 15) is 8.42 Å². The number of benzene rings is 1. The minimum Gasteiger partial charge on any atom is -0.349 e. The first-order valence-corrected chi connectivity index (χ1v) is 9.34. The first-order valence-electron chi connectivity index (χ1n) is 7.90. The van der Waals surface area contributed by atoms with Gasteiger partial charge in [-0.2, -0.15) is 4.31 Å². The highest BCUT2D eigenvalue weighted by atomic mass is 32.2. The molecule has 1 aromatic carbocycles. The maximum Gasteiger partial charge on any atom is 0.243 e. The van der Waals surface area contributed by atoms with Crippen molar-refractivity contribution in [3.63, 3.8) is 0 Å². The number of hydrogen-bond acceptors (Lipinski definition) is 2. The van der Waals surface area contributed by atoms with Gasteiger partial charge in [0.15, 0.2) is 0 Å². The molecule has 116 valence electrons. The zero-order valence-electron chi connectivity index (χ0n) is 12.5. The van der Waals surface area contributed by atoms with Gasteiger partial charge in [0.2, 0.25) is 10.0 Å². The predicted molar refractivity (Wildman–Crippen MR) is 85.1 cm³/mol. The molecule has 22 heavy (non-hydrogen) atoms. The summed E-state index contributed by atoms with van der Waals surface area (Å²) in [5.41, 5.74) is 3.60. The van der Waals surface area contributed by atoms with E-state index in [0.29, 0.717) is 18.0 Å². The van der Waals surface area contributed by atoms with Crippen molar-refractivity contribution < 1.29 is 8.42 Å². The van der Waals surface area contributed by atoms with E-state index in [1.165, 1.54) is 17.5 Å². The monoisotopic (exact) mass is 316 g/mol. The van der Waals surface area contributed by atoms with Gasteiger partial charge in [-0.05, 0) is 61.1 Å². The van der Waals surface area contributed by atoms with Crippen molar-refractivity contribution in [2.45, 2.75) is 43.7 Å². The third-order valence-corrected chi connectivity index (χ3v) is 6.65. The standard InChI is InChI=1S/C17H20N2O2S/c20-22(21,19-11-10-18-9-3-6-16(18)13-19)17-8-7-14-4-1-2-5-15(14)12-17/h3,6-9,12H,1-2,4-5,10-11,13H2. The van der Waals surface area contributed by atoms with Crippen LogP contribution in [0.15, 0.2) is 41.4 Å². The molecule has 5 heteroatoms. The highest BCUT2D eigenvalue weighted by Crippen LogP contribution is 2.27. The lowest BCUT2D eigenvalue weighted by Gasteiger charge is -2.28. The summed E-state index contributed by atoms with van der Waals surface area (Å²) in [6, 6.07) is 9.66. The molecule has 1 aliphatic heterocycles. The van der Waals surface area contributed by atoms with Gasteiger partial charge in [0.1, 0.15) is 0 Å². The van der Waals surface area contributed by atoms with Gasteiger partial charge in [-0.1, -0.05) is 6.07 Å². The molecule has 0 amide bonds. The van der Waals surface area contributed by atoms with E-state index in [-0.39, 0.29) is 0 Å². The van der Waals surface area contributed by atoms with Crippen molar-refractivity contribution in [2.75, 3.05) is 6.54 Å². The largest absolute Gasteiger partial charge is 0.349 e. The SMILES string of the molecule is O=S(=O)(c1ccc2c(c1)CCCC2)N1CCn2cccc2C1. The average molecular weight is 316 g/mol. The molecule has 2 aliphatic rings. The van der Waals surface area contributed by atoms with Crippen molar-refractivity contribution in [3.8, 4) is 0 Å². The summed E-state index contributed by atoms with van der Waals surface area (Å²) in [5.74, 6) is 0. The molecule has 0 radical (unpaired) electrons. The molecule has 0 N–H and O–H groups in total. The Kier molecular flexibility index (Phi) is 3.35. The van der Waals surface area contributed by atoms with Crippen LogP contribution in [-0.4, -0.2) is 23.8 Å². The molecule has 0 saturated heterocycles. The fourth-order valence-electron chi connectivity index (χ4n) is 3.51. The number of hydrogen-bond donors (Lipinski definition) is 0. The Balaban J connectivity index is 1.66. The lowest BCUT2D eigenvalue weighted by molar-refractivity contribution is 0.341. The second-order valence-corrected chi connectivity index (χ2v) is 8.11. The topological polar surface area (TPSA) is 42.3 Å². The summed E-state index contributed by atoms with van der Waals surface area (Å²) in [7, 11) is -3.40. The Morgan fingerprint density at radius 2 is 1.77 bits per heavy atom. The summed E-state index contributed by atoms with van der Waals surface area (Å²) in [4.78, 5) is 0.452. The van der Waals surface area contributed by atoms with Crippen LogP contribution in [0.1, 0.15) is 29.7 Å². The van der Waals surface area contributed by atoms with Crippen LogP contribution in [-0.2, 0) is 36.0 Å². The number of aryl methyl sites for hydroxylation is 2. The zero-order valence-corrected chi connectivity index (χ0v) is 13.3. The highest BCUT2D eigenvalue weighted by molar-refractivity contribution is 7.89.